The van der Waals surface area contributed by atoms with Crippen molar-refractivity contribution in [3.63, 3.8) is 0 Å². The molecule has 1 saturated carbocycles. The highest BCUT2D eigenvalue weighted by Crippen LogP contribution is 2.34. The Hall–Kier alpha value is -1.72. The number of carbonyl (C=O) groups is 1. The van der Waals surface area contributed by atoms with E-state index in [1.54, 1.807) is 0 Å². The summed E-state index contributed by atoms with van der Waals surface area (Å²) in [6, 6.07) is 7.57. The van der Waals surface area contributed by atoms with Gasteiger partial charge in [0.05, 0.1) is 18.6 Å². The summed E-state index contributed by atoms with van der Waals surface area (Å²) in [5.74, 6) is 1.33. The van der Waals surface area contributed by atoms with Crippen molar-refractivity contribution in [3.8, 4) is 5.75 Å². The second-order valence-corrected chi connectivity index (χ2v) is 7.29. The Kier molecular flexibility index (Phi) is 6.58. The van der Waals surface area contributed by atoms with E-state index in [0.717, 1.165) is 48.2 Å². The van der Waals surface area contributed by atoms with Gasteiger partial charge < -0.3 is 20.2 Å². The summed E-state index contributed by atoms with van der Waals surface area (Å²) in [7, 11) is 0. The first-order chi connectivity index (χ1) is 11.9. The van der Waals surface area contributed by atoms with Gasteiger partial charge in [0.15, 0.2) is 11.3 Å². The Balaban J connectivity index is 0.00000243. The summed E-state index contributed by atoms with van der Waals surface area (Å²) in [6.07, 6.45) is 3.89. The summed E-state index contributed by atoms with van der Waals surface area (Å²) in [5.41, 5.74) is 6.64. The number of hydrogen-bond acceptors (Lipinski definition) is 4. The average Bonchev–Trinajstić information content (AvgIpc) is 3.00. The maximum Gasteiger partial charge on any atom is 0.225 e. The van der Waals surface area contributed by atoms with Crippen LogP contribution in [0.1, 0.15) is 58.3 Å². The number of furan rings is 1. The molecule has 144 valence electrons. The van der Waals surface area contributed by atoms with Crippen molar-refractivity contribution < 1.29 is 13.9 Å². The van der Waals surface area contributed by atoms with Gasteiger partial charge in [-0.25, -0.2) is 0 Å². The number of benzene rings is 1. The zero-order chi connectivity index (χ0) is 18.0. The molecule has 0 spiro atoms. The number of para-hydroxylation sites is 1. The molecule has 3 unspecified atom stereocenters. The fraction of sp³-hybridized carbons (Fsp3) is 0.550. The molecular formula is C20H29ClN2O3. The lowest BCUT2D eigenvalue weighted by Crippen LogP contribution is -2.53. The van der Waals surface area contributed by atoms with Crippen molar-refractivity contribution in [1.82, 2.24) is 5.32 Å². The van der Waals surface area contributed by atoms with Crippen molar-refractivity contribution >= 4 is 29.3 Å². The van der Waals surface area contributed by atoms with Crippen LogP contribution in [0.5, 0.6) is 5.75 Å². The van der Waals surface area contributed by atoms with Gasteiger partial charge in [0.2, 0.25) is 5.91 Å². The molecule has 3 rings (SSSR count). The molecule has 0 saturated heterocycles. The van der Waals surface area contributed by atoms with E-state index < -0.39 is 5.54 Å². The number of hydrogen-bond donors (Lipinski definition) is 2. The molecule has 26 heavy (non-hydrogen) atoms. The van der Waals surface area contributed by atoms with Crippen LogP contribution in [0.3, 0.4) is 0 Å². The van der Waals surface area contributed by atoms with Gasteiger partial charge in [-0.1, -0.05) is 25.0 Å². The van der Waals surface area contributed by atoms with Crippen LogP contribution in [-0.2, 0) is 4.79 Å². The summed E-state index contributed by atoms with van der Waals surface area (Å²) in [5, 5.41) is 4.06. The van der Waals surface area contributed by atoms with E-state index in [1.165, 1.54) is 0 Å². The molecule has 1 aromatic heterocycles. The lowest BCUT2D eigenvalue weighted by Gasteiger charge is -2.37. The van der Waals surface area contributed by atoms with E-state index in [1.807, 2.05) is 45.0 Å². The van der Waals surface area contributed by atoms with Crippen LogP contribution in [0, 0.1) is 5.92 Å². The molecule has 5 nitrogen and oxygen atoms in total. The summed E-state index contributed by atoms with van der Waals surface area (Å²) >= 11 is 0. The highest BCUT2D eigenvalue weighted by Gasteiger charge is 2.38. The summed E-state index contributed by atoms with van der Waals surface area (Å²) < 4.78 is 11.6. The second kappa shape index (κ2) is 8.31. The first kappa shape index (κ1) is 20.6. The van der Waals surface area contributed by atoms with Gasteiger partial charge in [-0.05, 0) is 45.7 Å². The third kappa shape index (κ3) is 4.15. The van der Waals surface area contributed by atoms with Gasteiger partial charge in [-0.3, -0.25) is 4.79 Å². The topological polar surface area (TPSA) is 77.5 Å². The van der Waals surface area contributed by atoms with Crippen molar-refractivity contribution in [1.29, 1.82) is 0 Å². The predicted octanol–water partition coefficient (Wildman–Crippen LogP) is 4.34. The number of ether oxygens (including phenoxy) is 1. The Bertz CT molecular complexity index is 757. The largest absolute Gasteiger partial charge is 0.490 e. The zero-order valence-corrected chi connectivity index (χ0v) is 16.5. The number of nitrogens with two attached hydrogens (primary N) is 1. The minimum Gasteiger partial charge on any atom is -0.490 e. The van der Waals surface area contributed by atoms with Crippen LogP contribution in [0.25, 0.3) is 11.0 Å². The van der Waals surface area contributed by atoms with E-state index in [2.05, 4.69) is 5.32 Å². The third-order valence-corrected chi connectivity index (χ3v) is 5.18. The fourth-order valence-electron chi connectivity index (χ4n) is 3.71. The highest BCUT2D eigenvalue weighted by molar-refractivity contribution is 5.85. The summed E-state index contributed by atoms with van der Waals surface area (Å²) in [4.78, 5) is 12.7. The van der Waals surface area contributed by atoms with Gasteiger partial charge >= 0.3 is 0 Å². The molecule has 1 aliphatic rings. The number of rotatable bonds is 5. The van der Waals surface area contributed by atoms with Crippen molar-refractivity contribution in [2.75, 3.05) is 6.61 Å². The average molecular weight is 381 g/mol. The van der Waals surface area contributed by atoms with E-state index >= 15 is 0 Å². The van der Waals surface area contributed by atoms with Crippen LogP contribution < -0.4 is 15.8 Å². The molecule has 0 radical (unpaired) electrons. The predicted molar refractivity (Wildman–Crippen MR) is 106 cm³/mol. The minimum atomic E-state index is -0.432. The van der Waals surface area contributed by atoms with Gasteiger partial charge in [0, 0.05) is 10.9 Å². The Labute approximate surface area is 161 Å². The normalized spacial score (nSPS) is 23.9. The molecule has 3 atom stereocenters. The van der Waals surface area contributed by atoms with Crippen molar-refractivity contribution in [2.24, 2.45) is 11.7 Å². The fourth-order valence-corrected chi connectivity index (χ4v) is 3.71. The standard InChI is InChI=1S/C20H28N2O3.ClH/c1-4-24-16-10-7-8-14-12-17(25-18(14)16)13(2)22-19(23)15-9-5-6-11-20(15,3)21;/h7-8,10,12-13,15H,4-6,9,11,21H2,1-3H3,(H,22,23);1H. The number of fused-ring (bicyclic) bond motifs is 1. The van der Waals surface area contributed by atoms with Crippen LogP contribution in [0.2, 0.25) is 0 Å². The molecule has 0 bridgehead atoms. The molecule has 1 aromatic carbocycles. The Morgan fingerprint density at radius 2 is 2.23 bits per heavy atom. The number of halogens is 1. The molecule has 0 aliphatic heterocycles. The maximum absolute atomic E-state index is 12.7. The smallest absolute Gasteiger partial charge is 0.225 e. The van der Waals surface area contributed by atoms with Crippen LogP contribution in [0.4, 0.5) is 0 Å². The molecule has 6 heteroatoms. The molecule has 1 fully saturated rings. The van der Waals surface area contributed by atoms with Gasteiger partial charge in [-0.15, -0.1) is 12.4 Å². The lowest BCUT2D eigenvalue weighted by molar-refractivity contribution is -0.128. The van der Waals surface area contributed by atoms with Gasteiger partial charge in [0.1, 0.15) is 5.76 Å². The number of amides is 1. The van der Waals surface area contributed by atoms with E-state index in [9.17, 15) is 4.79 Å². The Morgan fingerprint density at radius 3 is 2.92 bits per heavy atom. The zero-order valence-electron chi connectivity index (χ0n) is 15.7. The quantitative estimate of drug-likeness (QED) is 0.808. The molecule has 3 N–H and O–H groups in total. The molecule has 2 aromatic rings. The second-order valence-electron chi connectivity index (χ2n) is 7.29. The first-order valence-corrected chi connectivity index (χ1v) is 9.17. The van der Waals surface area contributed by atoms with E-state index in [0.29, 0.717) is 6.61 Å². The molecule has 1 amide bonds. The van der Waals surface area contributed by atoms with Crippen molar-refractivity contribution in [2.45, 2.75) is 58.0 Å². The number of nitrogens with one attached hydrogen (secondary N) is 1. The van der Waals surface area contributed by atoms with Crippen molar-refractivity contribution in [3.05, 3.63) is 30.0 Å². The third-order valence-electron chi connectivity index (χ3n) is 5.18. The van der Waals surface area contributed by atoms with Gasteiger partial charge in [-0.2, -0.15) is 0 Å². The van der Waals surface area contributed by atoms with E-state index in [4.69, 9.17) is 14.9 Å². The van der Waals surface area contributed by atoms with Crippen LogP contribution in [0.15, 0.2) is 28.7 Å². The Morgan fingerprint density at radius 1 is 1.46 bits per heavy atom. The maximum atomic E-state index is 12.7. The monoisotopic (exact) mass is 380 g/mol. The first-order valence-electron chi connectivity index (χ1n) is 9.17. The van der Waals surface area contributed by atoms with Gasteiger partial charge in [0.25, 0.3) is 0 Å². The highest BCUT2D eigenvalue weighted by atomic mass is 35.5. The number of carbonyl (C=O) groups excluding carboxylic acids is 1. The minimum absolute atomic E-state index is 0. The molecular weight excluding hydrogens is 352 g/mol. The lowest BCUT2D eigenvalue weighted by atomic mass is 9.74. The SMILES string of the molecule is CCOc1cccc2cc(C(C)NC(=O)C3CCCCC3(C)N)oc12.Cl. The molecule has 1 aliphatic carbocycles. The van der Waals surface area contributed by atoms with Crippen LogP contribution in [-0.4, -0.2) is 18.1 Å². The molecule has 1 heterocycles. The van der Waals surface area contributed by atoms with E-state index in [-0.39, 0.29) is 30.3 Å². The summed E-state index contributed by atoms with van der Waals surface area (Å²) in [6.45, 7) is 6.45. The van der Waals surface area contributed by atoms with Crippen LogP contribution >= 0.6 is 12.4 Å².